The molecule has 0 fully saturated rings. The Morgan fingerprint density at radius 2 is 1.62 bits per heavy atom. The number of fused-ring (bicyclic) bond motifs is 3. The first-order valence-electron chi connectivity index (χ1n) is 9.39. The molecule has 0 heterocycles. The molecule has 4 rings (SSSR count). The van der Waals surface area contributed by atoms with Crippen LogP contribution in [0.25, 0.3) is 11.1 Å². The summed E-state index contributed by atoms with van der Waals surface area (Å²) >= 11 is -0.556. The second kappa shape index (κ2) is 9.49. The van der Waals surface area contributed by atoms with Crippen LogP contribution in [0.3, 0.4) is 0 Å². The van der Waals surface area contributed by atoms with E-state index in [1.807, 2.05) is 24.3 Å². The zero-order chi connectivity index (χ0) is 21.0. The quantitative estimate of drug-likeness (QED) is 0.246. The van der Waals surface area contributed by atoms with Gasteiger partial charge in [-0.3, -0.25) is 4.99 Å². The molecular weight excluding hydrogens is 437 g/mol. The maximum atomic E-state index is 10.6. The van der Waals surface area contributed by atoms with E-state index in [1.54, 1.807) is 6.21 Å². The van der Waals surface area contributed by atoms with E-state index < -0.39 is 17.0 Å². The molecule has 3 aromatic rings. The average Bonchev–Trinajstić information content (AvgIpc) is 3.04. The van der Waals surface area contributed by atoms with Crippen LogP contribution in [-0.4, -0.2) is 11.3 Å². The molecule has 29 heavy (non-hydrogen) atoms. The molecule has 0 bridgehead atoms. The second-order valence-electron chi connectivity index (χ2n) is 8.00. The van der Waals surface area contributed by atoms with Gasteiger partial charge in [0.15, 0.2) is 0 Å². The van der Waals surface area contributed by atoms with E-state index in [9.17, 15) is 5.11 Å². The number of hydrogen-bond donors (Lipinski definition) is 1. The van der Waals surface area contributed by atoms with Crippen LogP contribution in [0.1, 0.15) is 43.0 Å². The number of aliphatic imine (C=N–C) groups is 1. The molecule has 5 heteroatoms. The van der Waals surface area contributed by atoms with Crippen molar-refractivity contribution in [2.75, 3.05) is 0 Å². The summed E-state index contributed by atoms with van der Waals surface area (Å²) in [5.41, 5.74) is 7.82. The number of aromatic hydroxyl groups is 1. The molecule has 0 amide bonds. The first-order valence-corrected chi connectivity index (χ1v) is 13.7. The van der Waals surface area contributed by atoms with Crippen LogP contribution in [0.4, 0.5) is 5.69 Å². The molecule has 0 aliphatic heterocycles. The van der Waals surface area contributed by atoms with Gasteiger partial charge < -0.3 is 5.11 Å². The van der Waals surface area contributed by atoms with Gasteiger partial charge in [-0.1, -0.05) is 63.2 Å². The summed E-state index contributed by atoms with van der Waals surface area (Å²) in [4.78, 5) is 4.62. The standard InChI is InChI=1S/C24H23NO.2ClH.Ti/c1-24(2,3)22-10-6-8-17(23(22)26)15-25-19-11-12-21-18(14-19)13-16-7-4-5-9-20(16)21;;;/h4-12,14-15,26H,13H2,1-3H3;2*1H;/q;;;+2/p-2. The molecule has 0 saturated carbocycles. The van der Waals surface area contributed by atoms with Crippen LogP contribution in [0.2, 0.25) is 0 Å². The maximum absolute atomic E-state index is 10.6. The van der Waals surface area contributed by atoms with Crippen molar-refractivity contribution in [3.05, 3.63) is 82.9 Å². The number of hydrogen-bond acceptors (Lipinski definition) is 2. The molecule has 1 aliphatic carbocycles. The van der Waals surface area contributed by atoms with E-state index in [4.69, 9.17) is 18.6 Å². The van der Waals surface area contributed by atoms with E-state index in [-0.39, 0.29) is 5.41 Å². The first kappa shape index (κ1) is 22.1. The number of nitrogens with zero attached hydrogens (tertiary/aromatic N) is 1. The molecule has 0 radical (unpaired) electrons. The molecule has 2 nitrogen and oxygen atoms in total. The van der Waals surface area contributed by atoms with E-state index in [0.29, 0.717) is 5.75 Å². The molecule has 3 aromatic carbocycles. The summed E-state index contributed by atoms with van der Waals surface area (Å²) in [5.74, 6) is 0.317. The van der Waals surface area contributed by atoms with Gasteiger partial charge in [-0.2, -0.15) is 0 Å². The van der Waals surface area contributed by atoms with Crippen LogP contribution in [0.5, 0.6) is 5.75 Å². The van der Waals surface area contributed by atoms with Gasteiger partial charge in [-0.25, -0.2) is 0 Å². The van der Waals surface area contributed by atoms with E-state index in [2.05, 4.69) is 62.2 Å². The molecule has 0 unspecified atom stereocenters. The summed E-state index contributed by atoms with van der Waals surface area (Å²) in [6.07, 6.45) is 2.72. The van der Waals surface area contributed by atoms with Crippen LogP contribution < -0.4 is 0 Å². The zero-order valence-corrected chi connectivity index (χ0v) is 19.8. The predicted molar refractivity (Wildman–Crippen MR) is 120 cm³/mol. The molecule has 148 valence electrons. The topological polar surface area (TPSA) is 32.6 Å². The van der Waals surface area contributed by atoms with Gasteiger partial charge in [0, 0.05) is 11.8 Å². The molecule has 0 spiro atoms. The second-order valence-corrected chi connectivity index (χ2v) is 10.6. The van der Waals surface area contributed by atoms with Crippen LogP contribution >= 0.6 is 18.6 Å². The van der Waals surface area contributed by atoms with Crippen molar-refractivity contribution >= 4 is 30.5 Å². The molecular formula is C24H23Cl2NOTi. The monoisotopic (exact) mass is 459 g/mol. The number of benzene rings is 3. The first-order chi connectivity index (χ1) is 13.8. The number of phenolic OH excluding ortho intramolecular Hbond substituents is 1. The van der Waals surface area contributed by atoms with Crippen molar-refractivity contribution in [2.45, 2.75) is 32.6 Å². The Morgan fingerprint density at radius 3 is 2.34 bits per heavy atom. The van der Waals surface area contributed by atoms with E-state index >= 15 is 0 Å². The van der Waals surface area contributed by atoms with Crippen molar-refractivity contribution in [1.82, 2.24) is 0 Å². The number of rotatable bonds is 2. The summed E-state index contributed by atoms with van der Waals surface area (Å²) in [5, 5.41) is 10.6. The SMILES string of the molecule is CC(C)(C)c1cccc(C=Nc2ccc3c(c2)Cc2ccccc2-3)c1O.[Cl][Ti][Cl]. The van der Waals surface area contributed by atoms with Gasteiger partial charge in [0.2, 0.25) is 0 Å². The summed E-state index contributed by atoms with van der Waals surface area (Å²) in [6.45, 7) is 6.30. The normalized spacial score (nSPS) is 12.2. The van der Waals surface area contributed by atoms with Gasteiger partial charge >= 0.3 is 35.6 Å². The molecule has 0 atom stereocenters. The Kier molecular flexibility index (Phi) is 7.24. The fourth-order valence-electron chi connectivity index (χ4n) is 3.63. The van der Waals surface area contributed by atoms with Crippen molar-refractivity contribution in [2.24, 2.45) is 4.99 Å². The van der Waals surface area contributed by atoms with Crippen LogP contribution in [0, 0.1) is 0 Å². The van der Waals surface area contributed by atoms with E-state index in [1.165, 1.54) is 22.3 Å². The average molecular weight is 460 g/mol. The summed E-state index contributed by atoms with van der Waals surface area (Å²) in [7, 11) is 9.78. The number of para-hydroxylation sites is 1. The minimum atomic E-state index is -0.556. The Bertz CT molecular complexity index is 1040. The predicted octanol–water partition coefficient (Wildman–Crippen LogP) is 7.39. The molecule has 1 aliphatic rings. The van der Waals surface area contributed by atoms with Crippen molar-refractivity contribution in [3.63, 3.8) is 0 Å². The van der Waals surface area contributed by atoms with E-state index in [0.717, 1.165) is 23.2 Å². The van der Waals surface area contributed by atoms with Gasteiger partial charge in [0.25, 0.3) is 0 Å². The third-order valence-electron chi connectivity index (χ3n) is 5.01. The Balaban J connectivity index is 0.000000755. The molecule has 0 aromatic heterocycles. The Hall–Kier alpha value is -1.58. The van der Waals surface area contributed by atoms with Crippen molar-refractivity contribution < 1.29 is 22.1 Å². The van der Waals surface area contributed by atoms with Gasteiger partial charge in [-0.15, -0.1) is 0 Å². The fraction of sp³-hybridized carbons (Fsp3) is 0.208. The Labute approximate surface area is 189 Å². The van der Waals surface area contributed by atoms with Gasteiger partial charge in [0.1, 0.15) is 5.75 Å². The van der Waals surface area contributed by atoms with Gasteiger partial charge in [0.05, 0.1) is 5.69 Å². The van der Waals surface area contributed by atoms with Crippen LogP contribution in [-0.2, 0) is 28.9 Å². The number of phenols is 1. The number of halogens is 2. The fourth-order valence-corrected chi connectivity index (χ4v) is 3.63. The van der Waals surface area contributed by atoms with Crippen LogP contribution in [0.15, 0.2) is 65.7 Å². The zero-order valence-electron chi connectivity index (χ0n) is 16.7. The van der Waals surface area contributed by atoms with Gasteiger partial charge in [-0.05, 0) is 57.9 Å². The third kappa shape index (κ3) is 5.13. The Morgan fingerprint density at radius 1 is 0.931 bits per heavy atom. The summed E-state index contributed by atoms with van der Waals surface area (Å²) < 4.78 is 0. The third-order valence-corrected chi connectivity index (χ3v) is 5.01. The molecule has 1 N–H and O–H groups in total. The minimum absolute atomic E-state index is 0.104. The van der Waals surface area contributed by atoms with Crippen molar-refractivity contribution in [3.8, 4) is 16.9 Å². The molecule has 0 saturated heterocycles. The summed E-state index contributed by atoms with van der Waals surface area (Å²) in [6, 6.07) is 20.7. The van der Waals surface area contributed by atoms with Crippen molar-refractivity contribution in [1.29, 1.82) is 0 Å².